The van der Waals surface area contributed by atoms with Gasteiger partial charge in [-0.2, -0.15) is 0 Å². The number of aliphatic imine (C=N–C) groups is 1. The highest BCUT2D eigenvalue weighted by atomic mass is 127. The number of aryl methyl sites for hydroxylation is 2. The predicted molar refractivity (Wildman–Crippen MR) is 105 cm³/mol. The molecule has 0 aliphatic carbocycles. The molecule has 23 heavy (non-hydrogen) atoms. The molecule has 0 unspecified atom stereocenters. The van der Waals surface area contributed by atoms with Gasteiger partial charge in [-0.1, -0.05) is 19.1 Å². The molecule has 2 aromatic rings. The molecule has 0 atom stereocenters. The van der Waals surface area contributed by atoms with Gasteiger partial charge in [0.1, 0.15) is 10.8 Å². The third-order valence-corrected chi connectivity index (χ3v) is 4.40. The maximum atomic E-state index is 13.2. The van der Waals surface area contributed by atoms with Crippen LogP contribution < -0.4 is 10.6 Å². The van der Waals surface area contributed by atoms with Gasteiger partial charge in [-0.25, -0.2) is 9.37 Å². The van der Waals surface area contributed by atoms with Crippen LogP contribution in [0.2, 0.25) is 0 Å². The Hall–Kier alpha value is -1.22. The van der Waals surface area contributed by atoms with E-state index in [4.69, 9.17) is 0 Å². The summed E-state index contributed by atoms with van der Waals surface area (Å²) in [5.74, 6) is 0.525. The van der Waals surface area contributed by atoms with Crippen molar-refractivity contribution >= 4 is 41.3 Å². The minimum atomic E-state index is -0.179. The number of aromatic nitrogens is 1. The fourth-order valence-corrected chi connectivity index (χ4v) is 2.78. The molecule has 0 spiro atoms. The Morgan fingerprint density at radius 3 is 2.65 bits per heavy atom. The first kappa shape index (κ1) is 19.8. The Balaban J connectivity index is 0.00000264. The summed E-state index contributed by atoms with van der Waals surface area (Å²) in [6.07, 6.45) is 2.92. The second-order valence-corrected chi connectivity index (χ2v) is 6.14. The SMILES string of the molecule is CCc1cnc(CNC(=NC)NCc2ccc(F)c(C)c2)s1.I. The molecule has 0 aliphatic heterocycles. The molecule has 2 N–H and O–H groups in total. The van der Waals surface area contributed by atoms with E-state index >= 15 is 0 Å². The first-order valence-electron chi connectivity index (χ1n) is 7.25. The molecule has 0 radical (unpaired) electrons. The van der Waals surface area contributed by atoms with Crippen LogP contribution in [0.15, 0.2) is 29.4 Å². The number of hydrogen-bond acceptors (Lipinski definition) is 3. The van der Waals surface area contributed by atoms with Gasteiger partial charge in [-0.05, 0) is 30.5 Å². The highest BCUT2D eigenvalue weighted by Crippen LogP contribution is 2.13. The monoisotopic (exact) mass is 448 g/mol. The summed E-state index contributed by atoms with van der Waals surface area (Å²) in [5.41, 5.74) is 1.67. The molecule has 1 heterocycles. The topological polar surface area (TPSA) is 49.3 Å². The minimum Gasteiger partial charge on any atom is -0.352 e. The van der Waals surface area contributed by atoms with E-state index in [2.05, 4.69) is 27.5 Å². The van der Waals surface area contributed by atoms with Crippen LogP contribution in [-0.2, 0) is 19.5 Å². The number of benzene rings is 1. The molecule has 4 nitrogen and oxygen atoms in total. The van der Waals surface area contributed by atoms with Crippen LogP contribution in [0.4, 0.5) is 4.39 Å². The van der Waals surface area contributed by atoms with Crippen LogP contribution in [-0.4, -0.2) is 18.0 Å². The molecule has 1 aromatic heterocycles. The van der Waals surface area contributed by atoms with Crippen LogP contribution in [0.3, 0.4) is 0 Å². The van der Waals surface area contributed by atoms with Crippen LogP contribution in [0, 0.1) is 12.7 Å². The number of nitrogens with zero attached hydrogens (tertiary/aromatic N) is 2. The van der Waals surface area contributed by atoms with Crippen molar-refractivity contribution in [3.63, 3.8) is 0 Å². The summed E-state index contributed by atoms with van der Waals surface area (Å²) in [4.78, 5) is 9.83. The minimum absolute atomic E-state index is 0. The molecular formula is C16H22FIN4S. The molecule has 0 aliphatic rings. The van der Waals surface area contributed by atoms with Crippen molar-refractivity contribution in [2.45, 2.75) is 33.4 Å². The summed E-state index contributed by atoms with van der Waals surface area (Å²) in [5, 5.41) is 7.49. The third kappa shape index (κ3) is 6.06. The Bertz CT molecular complexity index is 657. The average molecular weight is 448 g/mol. The number of rotatable bonds is 5. The Kier molecular flexibility index (Phi) is 8.46. The van der Waals surface area contributed by atoms with Gasteiger partial charge in [0.2, 0.25) is 0 Å². The maximum Gasteiger partial charge on any atom is 0.191 e. The zero-order valence-electron chi connectivity index (χ0n) is 13.5. The lowest BCUT2D eigenvalue weighted by Gasteiger charge is -2.11. The number of halogens is 2. The highest BCUT2D eigenvalue weighted by Gasteiger charge is 2.04. The molecule has 7 heteroatoms. The van der Waals surface area contributed by atoms with E-state index in [9.17, 15) is 4.39 Å². The lowest BCUT2D eigenvalue weighted by molar-refractivity contribution is 0.617. The van der Waals surface area contributed by atoms with E-state index in [-0.39, 0.29) is 29.8 Å². The molecule has 2 rings (SSSR count). The summed E-state index contributed by atoms with van der Waals surface area (Å²) >= 11 is 1.71. The summed E-state index contributed by atoms with van der Waals surface area (Å²) in [7, 11) is 1.73. The van der Waals surface area contributed by atoms with Crippen molar-refractivity contribution in [1.29, 1.82) is 0 Å². The maximum absolute atomic E-state index is 13.2. The first-order valence-corrected chi connectivity index (χ1v) is 8.07. The number of guanidine groups is 1. The van der Waals surface area contributed by atoms with E-state index in [0.717, 1.165) is 17.0 Å². The summed E-state index contributed by atoms with van der Waals surface area (Å²) in [6.45, 7) is 5.13. The van der Waals surface area contributed by atoms with E-state index in [1.807, 2.05) is 12.3 Å². The Morgan fingerprint density at radius 2 is 2.04 bits per heavy atom. The zero-order valence-corrected chi connectivity index (χ0v) is 16.7. The molecule has 0 amide bonds. The number of thiazole rings is 1. The fourth-order valence-electron chi connectivity index (χ4n) is 1.98. The van der Waals surface area contributed by atoms with E-state index in [1.165, 1.54) is 10.9 Å². The van der Waals surface area contributed by atoms with Crippen molar-refractivity contribution in [1.82, 2.24) is 15.6 Å². The van der Waals surface area contributed by atoms with Crippen LogP contribution in [0.5, 0.6) is 0 Å². The van der Waals surface area contributed by atoms with E-state index in [0.29, 0.717) is 24.6 Å². The second kappa shape index (κ2) is 9.82. The lowest BCUT2D eigenvalue weighted by atomic mass is 10.1. The molecule has 0 saturated carbocycles. The summed E-state index contributed by atoms with van der Waals surface area (Å²) < 4.78 is 13.2. The fraction of sp³-hybridized carbons (Fsp3) is 0.375. The third-order valence-electron chi connectivity index (χ3n) is 3.26. The van der Waals surface area contributed by atoms with Crippen molar-refractivity contribution in [3.05, 3.63) is 51.2 Å². The van der Waals surface area contributed by atoms with Gasteiger partial charge in [0.25, 0.3) is 0 Å². The molecule has 126 valence electrons. The van der Waals surface area contributed by atoms with Gasteiger partial charge in [0.15, 0.2) is 5.96 Å². The Morgan fingerprint density at radius 1 is 1.30 bits per heavy atom. The quantitative estimate of drug-likeness (QED) is 0.417. The van der Waals surface area contributed by atoms with Crippen LogP contribution in [0.25, 0.3) is 0 Å². The predicted octanol–water partition coefficient (Wildman–Crippen LogP) is 3.64. The van der Waals surface area contributed by atoms with Gasteiger partial charge in [0.05, 0.1) is 6.54 Å². The van der Waals surface area contributed by atoms with Crippen molar-refractivity contribution in [3.8, 4) is 0 Å². The van der Waals surface area contributed by atoms with Gasteiger partial charge < -0.3 is 10.6 Å². The van der Waals surface area contributed by atoms with Gasteiger partial charge >= 0.3 is 0 Å². The highest BCUT2D eigenvalue weighted by molar-refractivity contribution is 14.0. The average Bonchev–Trinajstić information content (AvgIpc) is 2.99. The largest absolute Gasteiger partial charge is 0.352 e. The molecule has 0 saturated heterocycles. The Labute approximate surface area is 157 Å². The normalized spacial score (nSPS) is 11.0. The number of hydrogen-bond donors (Lipinski definition) is 2. The van der Waals surface area contributed by atoms with Crippen molar-refractivity contribution in [2.75, 3.05) is 7.05 Å². The lowest BCUT2D eigenvalue weighted by Crippen LogP contribution is -2.36. The van der Waals surface area contributed by atoms with E-state index < -0.39 is 0 Å². The molecular weight excluding hydrogens is 426 g/mol. The number of nitrogens with one attached hydrogen (secondary N) is 2. The van der Waals surface area contributed by atoms with Gasteiger partial charge in [0, 0.05) is 24.7 Å². The van der Waals surface area contributed by atoms with Gasteiger partial charge in [-0.3, -0.25) is 4.99 Å². The van der Waals surface area contributed by atoms with Gasteiger partial charge in [-0.15, -0.1) is 35.3 Å². The molecule has 1 aromatic carbocycles. The zero-order chi connectivity index (χ0) is 15.9. The van der Waals surface area contributed by atoms with Crippen molar-refractivity contribution < 1.29 is 4.39 Å². The standard InChI is InChI=1S/C16H21FN4S.HI/c1-4-13-9-19-15(22-13)10-21-16(18-3)20-8-12-5-6-14(17)11(2)7-12;/h5-7,9H,4,8,10H2,1-3H3,(H2,18,20,21);1H. The molecule has 0 bridgehead atoms. The van der Waals surface area contributed by atoms with E-state index in [1.54, 1.807) is 31.4 Å². The first-order chi connectivity index (χ1) is 10.6. The van der Waals surface area contributed by atoms with Crippen LogP contribution >= 0.6 is 35.3 Å². The van der Waals surface area contributed by atoms with Crippen molar-refractivity contribution in [2.24, 2.45) is 4.99 Å². The smallest absolute Gasteiger partial charge is 0.191 e. The second-order valence-electron chi connectivity index (χ2n) is 4.94. The van der Waals surface area contributed by atoms with Crippen LogP contribution in [0.1, 0.15) is 27.9 Å². The molecule has 0 fully saturated rings. The summed E-state index contributed by atoms with van der Waals surface area (Å²) in [6, 6.07) is 5.10.